The Morgan fingerprint density at radius 2 is 1.86 bits per heavy atom. The summed E-state index contributed by atoms with van der Waals surface area (Å²) in [4.78, 5) is 11.8. The lowest BCUT2D eigenvalue weighted by atomic mass is 9.89. The van der Waals surface area contributed by atoms with E-state index in [-0.39, 0.29) is 29.6 Å². The molecular weight excluding hydrogens is 288 g/mol. The summed E-state index contributed by atoms with van der Waals surface area (Å²) in [5.41, 5.74) is 0. The lowest BCUT2D eigenvalue weighted by Gasteiger charge is -2.47. The maximum Gasteiger partial charge on any atom is 0.366 e. The Morgan fingerprint density at radius 1 is 1.33 bits per heavy atom. The van der Waals surface area contributed by atoms with Gasteiger partial charge in [0.25, 0.3) is 5.79 Å². The number of methoxy groups -OCH3 is 1. The summed E-state index contributed by atoms with van der Waals surface area (Å²) >= 11 is 0. The van der Waals surface area contributed by atoms with Crippen LogP contribution < -0.4 is 0 Å². The van der Waals surface area contributed by atoms with Gasteiger partial charge < -0.3 is 19.0 Å². The molecule has 0 aromatic carbocycles. The van der Waals surface area contributed by atoms with Crippen LogP contribution in [0.25, 0.3) is 0 Å². The first-order valence-corrected chi connectivity index (χ1v) is 10.4. The van der Waals surface area contributed by atoms with Gasteiger partial charge in [0.2, 0.25) is 0 Å². The molecule has 0 bridgehead atoms. The first kappa shape index (κ1) is 18.6. The molecule has 1 heterocycles. The normalized spacial score (nSPS) is 34.6. The van der Waals surface area contributed by atoms with Crippen molar-refractivity contribution in [1.29, 1.82) is 0 Å². The third-order valence-electron chi connectivity index (χ3n) is 4.94. The molecule has 1 rings (SSSR count). The number of carbonyl (C=O) groups is 1. The van der Waals surface area contributed by atoms with Gasteiger partial charge in [-0.2, -0.15) is 0 Å². The molecule has 21 heavy (non-hydrogen) atoms. The first-order valence-electron chi connectivity index (χ1n) is 7.50. The number of hydrogen-bond acceptors (Lipinski definition) is 5. The van der Waals surface area contributed by atoms with E-state index in [2.05, 4.69) is 38.6 Å². The summed E-state index contributed by atoms with van der Waals surface area (Å²) in [5, 5.41) is 10.5. The third kappa shape index (κ3) is 3.86. The fourth-order valence-electron chi connectivity index (χ4n) is 2.22. The number of aliphatic hydroxyl groups is 1. The Kier molecular flexibility index (Phi) is 5.31. The second kappa shape index (κ2) is 5.99. The zero-order valence-corrected chi connectivity index (χ0v) is 15.5. The van der Waals surface area contributed by atoms with E-state index in [1.165, 1.54) is 7.11 Å². The summed E-state index contributed by atoms with van der Waals surface area (Å²) in [6.07, 6.45) is -0.395. The molecule has 0 saturated carbocycles. The maximum atomic E-state index is 11.8. The maximum absolute atomic E-state index is 11.8. The van der Waals surface area contributed by atoms with Crippen molar-refractivity contribution in [2.75, 3.05) is 7.11 Å². The summed E-state index contributed by atoms with van der Waals surface area (Å²) < 4.78 is 16.6. The van der Waals surface area contributed by atoms with E-state index in [9.17, 15) is 9.90 Å². The monoisotopic (exact) mass is 318 g/mol. The van der Waals surface area contributed by atoms with E-state index < -0.39 is 20.1 Å². The van der Waals surface area contributed by atoms with Crippen molar-refractivity contribution in [1.82, 2.24) is 0 Å². The average molecular weight is 318 g/mol. The molecule has 4 atom stereocenters. The number of ether oxygens (including phenoxy) is 2. The van der Waals surface area contributed by atoms with E-state index >= 15 is 0 Å². The predicted octanol–water partition coefficient (Wildman–Crippen LogP) is 2.68. The zero-order chi connectivity index (χ0) is 16.6. The number of rotatable bonds is 3. The molecule has 1 aliphatic rings. The Morgan fingerprint density at radius 3 is 2.29 bits per heavy atom. The van der Waals surface area contributed by atoms with Crippen LogP contribution >= 0.6 is 0 Å². The molecule has 1 fully saturated rings. The lowest BCUT2D eigenvalue weighted by molar-refractivity contribution is -0.279. The molecule has 6 heteroatoms. The van der Waals surface area contributed by atoms with Crippen molar-refractivity contribution >= 4 is 14.3 Å². The first-order chi connectivity index (χ1) is 9.34. The van der Waals surface area contributed by atoms with Crippen LogP contribution in [0.15, 0.2) is 0 Å². The van der Waals surface area contributed by atoms with Crippen LogP contribution in [-0.2, 0) is 18.7 Å². The molecule has 0 aromatic rings. The van der Waals surface area contributed by atoms with Gasteiger partial charge in [-0.05, 0) is 25.1 Å². The number of hydrogen-bond donors (Lipinski definition) is 1. The van der Waals surface area contributed by atoms with Gasteiger partial charge in [-0.15, -0.1) is 0 Å². The highest BCUT2D eigenvalue weighted by Crippen LogP contribution is 2.41. The molecular formula is C15H30O5Si. The topological polar surface area (TPSA) is 65.0 Å². The summed E-state index contributed by atoms with van der Waals surface area (Å²) in [6.45, 7) is 14.7. The van der Waals surface area contributed by atoms with Crippen molar-refractivity contribution in [2.24, 2.45) is 5.92 Å². The van der Waals surface area contributed by atoms with Gasteiger partial charge >= 0.3 is 5.97 Å². The predicted molar refractivity (Wildman–Crippen MR) is 83.4 cm³/mol. The molecule has 0 aliphatic carbocycles. The summed E-state index contributed by atoms with van der Waals surface area (Å²) in [5.74, 6) is -2.57. The number of esters is 1. The van der Waals surface area contributed by atoms with E-state index in [0.717, 1.165) is 0 Å². The van der Waals surface area contributed by atoms with Gasteiger partial charge in [-0.1, -0.05) is 27.7 Å². The second-order valence-electron chi connectivity index (χ2n) is 7.58. The van der Waals surface area contributed by atoms with Crippen LogP contribution in [0, 0.1) is 5.92 Å². The van der Waals surface area contributed by atoms with E-state index in [0.29, 0.717) is 0 Å². The second-order valence-corrected chi connectivity index (χ2v) is 12.3. The molecule has 1 N–H and O–H groups in total. The quantitative estimate of drug-likeness (QED) is 0.640. The minimum absolute atomic E-state index is 0.0671. The molecule has 1 saturated heterocycles. The number of carbonyl (C=O) groups excluding carboxylic acids is 1. The standard InChI is InChI=1S/C15H30O5Si/c1-10-11(2)19-15(17,13(16)18-6)9-12(10)20-21(7,8)14(3,4)5/h10-12,17H,9H2,1-8H3/t10-,11-,12-,15-/m0/s1. The van der Waals surface area contributed by atoms with Crippen molar-refractivity contribution in [3.8, 4) is 0 Å². The van der Waals surface area contributed by atoms with Crippen LogP contribution in [0.4, 0.5) is 0 Å². The molecule has 5 nitrogen and oxygen atoms in total. The highest BCUT2D eigenvalue weighted by molar-refractivity contribution is 6.74. The van der Waals surface area contributed by atoms with Crippen LogP contribution in [0.3, 0.4) is 0 Å². The molecule has 124 valence electrons. The minimum Gasteiger partial charge on any atom is -0.465 e. The molecule has 0 aromatic heterocycles. The Labute approximate surface area is 129 Å². The van der Waals surface area contributed by atoms with Crippen LogP contribution in [0.2, 0.25) is 18.1 Å². The molecule has 0 unspecified atom stereocenters. The van der Waals surface area contributed by atoms with Crippen molar-refractivity contribution in [2.45, 2.75) is 77.2 Å². The fraction of sp³-hybridized carbons (Fsp3) is 0.933. The smallest absolute Gasteiger partial charge is 0.366 e. The minimum atomic E-state index is -1.99. The highest BCUT2D eigenvalue weighted by Gasteiger charge is 2.51. The van der Waals surface area contributed by atoms with Gasteiger partial charge in [0.1, 0.15) is 0 Å². The Balaban J connectivity index is 2.97. The van der Waals surface area contributed by atoms with Crippen molar-refractivity contribution < 1.29 is 23.8 Å². The van der Waals surface area contributed by atoms with Crippen LogP contribution in [0.1, 0.15) is 41.0 Å². The van der Waals surface area contributed by atoms with Gasteiger partial charge in [0, 0.05) is 12.3 Å². The van der Waals surface area contributed by atoms with Crippen LogP contribution in [-0.4, -0.2) is 44.5 Å². The largest absolute Gasteiger partial charge is 0.465 e. The van der Waals surface area contributed by atoms with Crippen molar-refractivity contribution in [3.63, 3.8) is 0 Å². The highest BCUT2D eigenvalue weighted by atomic mass is 28.4. The zero-order valence-electron chi connectivity index (χ0n) is 14.5. The summed E-state index contributed by atoms with van der Waals surface area (Å²) in [6, 6.07) is 0. The molecule has 0 amide bonds. The lowest BCUT2D eigenvalue weighted by Crippen LogP contribution is -2.58. The van der Waals surface area contributed by atoms with Gasteiger partial charge in [0.05, 0.1) is 19.3 Å². The average Bonchev–Trinajstić information content (AvgIpc) is 2.32. The van der Waals surface area contributed by atoms with Crippen molar-refractivity contribution in [3.05, 3.63) is 0 Å². The van der Waals surface area contributed by atoms with E-state index in [1.807, 2.05) is 13.8 Å². The SMILES string of the molecule is COC(=O)[C@]1(O)C[C@H](O[Si](C)(C)C(C)(C)C)[C@@H](C)[C@H](C)O1. The Bertz CT molecular complexity index is 390. The van der Waals surface area contributed by atoms with E-state index in [4.69, 9.17) is 9.16 Å². The molecule has 0 radical (unpaired) electrons. The van der Waals surface area contributed by atoms with Gasteiger partial charge in [-0.3, -0.25) is 0 Å². The van der Waals surface area contributed by atoms with Crippen LogP contribution in [0.5, 0.6) is 0 Å². The fourth-order valence-corrected chi connectivity index (χ4v) is 3.63. The van der Waals surface area contributed by atoms with Gasteiger partial charge in [-0.25, -0.2) is 4.79 Å². The molecule has 0 spiro atoms. The van der Waals surface area contributed by atoms with Gasteiger partial charge in [0.15, 0.2) is 8.32 Å². The summed E-state index contributed by atoms with van der Waals surface area (Å²) in [7, 11) is -0.744. The van der Waals surface area contributed by atoms with E-state index in [1.54, 1.807) is 0 Å². The Hall–Kier alpha value is -0.433. The molecule has 1 aliphatic heterocycles. The third-order valence-corrected chi connectivity index (χ3v) is 9.45.